The molecule has 0 fully saturated rings. The zero-order valence-electron chi connectivity index (χ0n) is 7.01. The highest BCUT2D eigenvalue weighted by molar-refractivity contribution is 9.10. The van der Waals surface area contributed by atoms with Crippen molar-refractivity contribution >= 4 is 38.3 Å². The number of benzene rings is 1. The predicted octanol–water partition coefficient (Wildman–Crippen LogP) is 3.96. The van der Waals surface area contributed by atoms with Crippen molar-refractivity contribution in [3.8, 4) is 0 Å². The van der Waals surface area contributed by atoms with Crippen LogP contribution in [0.25, 0.3) is 10.8 Å². The maximum Gasteiger partial charge on any atom is 0.136 e. The second-order valence-electron chi connectivity index (χ2n) is 2.92. The van der Waals surface area contributed by atoms with Crippen molar-refractivity contribution in [3.63, 3.8) is 0 Å². The lowest BCUT2D eigenvalue weighted by Crippen LogP contribution is -1.82. The smallest absolute Gasteiger partial charge is 0.136 e. The number of aryl methyl sites for hydroxylation is 1. The number of fused-ring (bicyclic) bond motifs is 1. The normalized spacial score (nSPS) is 10.7. The van der Waals surface area contributed by atoms with Crippen LogP contribution in [0.4, 0.5) is 0 Å². The lowest BCUT2D eigenvalue weighted by Gasteiger charge is -2.03. The SMILES string of the molecule is Cc1cc(Br)cc2c(Cl)nccc12. The van der Waals surface area contributed by atoms with E-state index in [1.165, 1.54) is 5.56 Å². The summed E-state index contributed by atoms with van der Waals surface area (Å²) in [7, 11) is 0. The second kappa shape index (κ2) is 3.28. The molecule has 0 aliphatic rings. The molecule has 2 aromatic rings. The van der Waals surface area contributed by atoms with E-state index in [2.05, 4.69) is 33.9 Å². The molecule has 66 valence electrons. The lowest BCUT2D eigenvalue weighted by atomic mass is 10.1. The van der Waals surface area contributed by atoms with Gasteiger partial charge in [0.2, 0.25) is 0 Å². The molecule has 1 nitrogen and oxygen atoms in total. The maximum absolute atomic E-state index is 5.97. The molecule has 13 heavy (non-hydrogen) atoms. The Labute approximate surface area is 89.9 Å². The molecule has 2 rings (SSSR count). The monoisotopic (exact) mass is 255 g/mol. The van der Waals surface area contributed by atoms with Gasteiger partial charge in [0, 0.05) is 16.1 Å². The molecule has 0 amide bonds. The van der Waals surface area contributed by atoms with E-state index in [0.29, 0.717) is 5.15 Å². The minimum Gasteiger partial charge on any atom is -0.244 e. The van der Waals surface area contributed by atoms with Crippen molar-refractivity contribution < 1.29 is 0 Å². The molecule has 1 aromatic carbocycles. The summed E-state index contributed by atoms with van der Waals surface area (Å²) < 4.78 is 1.03. The van der Waals surface area contributed by atoms with Crippen LogP contribution in [0.5, 0.6) is 0 Å². The van der Waals surface area contributed by atoms with Crippen molar-refractivity contribution in [2.75, 3.05) is 0 Å². The third kappa shape index (κ3) is 1.56. The van der Waals surface area contributed by atoms with Gasteiger partial charge in [0.1, 0.15) is 5.15 Å². The van der Waals surface area contributed by atoms with E-state index < -0.39 is 0 Å². The summed E-state index contributed by atoms with van der Waals surface area (Å²) >= 11 is 9.40. The zero-order valence-corrected chi connectivity index (χ0v) is 9.35. The molecule has 0 N–H and O–H groups in total. The molecule has 1 heterocycles. The Kier molecular flexibility index (Phi) is 2.26. The van der Waals surface area contributed by atoms with Gasteiger partial charge in [0.15, 0.2) is 0 Å². The Morgan fingerprint density at radius 3 is 2.85 bits per heavy atom. The van der Waals surface area contributed by atoms with Crippen molar-refractivity contribution in [2.24, 2.45) is 0 Å². The van der Waals surface area contributed by atoms with Crippen LogP contribution in [0, 0.1) is 6.92 Å². The van der Waals surface area contributed by atoms with Crippen LogP contribution in [0.1, 0.15) is 5.56 Å². The molecule has 0 unspecified atom stereocenters. The van der Waals surface area contributed by atoms with Gasteiger partial charge in [-0.1, -0.05) is 27.5 Å². The Morgan fingerprint density at radius 2 is 2.08 bits per heavy atom. The minimum atomic E-state index is 0.557. The van der Waals surface area contributed by atoms with Gasteiger partial charge in [-0.2, -0.15) is 0 Å². The van der Waals surface area contributed by atoms with Gasteiger partial charge in [0.25, 0.3) is 0 Å². The summed E-state index contributed by atoms with van der Waals surface area (Å²) in [5.41, 5.74) is 1.20. The first-order valence-corrected chi connectivity index (χ1v) is 5.06. The van der Waals surface area contributed by atoms with E-state index in [0.717, 1.165) is 15.2 Å². The van der Waals surface area contributed by atoms with Gasteiger partial charge < -0.3 is 0 Å². The van der Waals surface area contributed by atoms with E-state index >= 15 is 0 Å². The van der Waals surface area contributed by atoms with Gasteiger partial charge in [-0.25, -0.2) is 4.98 Å². The maximum atomic E-state index is 5.97. The standard InChI is InChI=1S/C10H7BrClN/c1-6-4-7(11)5-9-8(6)2-3-13-10(9)12/h2-5H,1H3. The molecule has 3 heteroatoms. The molecular weight excluding hydrogens is 249 g/mol. The van der Waals surface area contributed by atoms with Crippen LogP contribution in [0.3, 0.4) is 0 Å². The van der Waals surface area contributed by atoms with Crippen molar-refractivity contribution in [1.82, 2.24) is 4.98 Å². The molecule has 0 radical (unpaired) electrons. The van der Waals surface area contributed by atoms with Crippen LogP contribution >= 0.6 is 27.5 Å². The zero-order chi connectivity index (χ0) is 9.42. The molecule has 0 aliphatic heterocycles. The lowest BCUT2D eigenvalue weighted by molar-refractivity contribution is 1.35. The average molecular weight is 257 g/mol. The molecular formula is C10H7BrClN. The molecule has 0 atom stereocenters. The fraction of sp³-hybridized carbons (Fsp3) is 0.100. The number of halogens is 2. The van der Waals surface area contributed by atoms with Crippen LogP contribution in [0.2, 0.25) is 5.15 Å². The Hall–Kier alpha value is -0.600. The van der Waals surface area contributed by atoms with E-state index in [-0.39, 0.29) is 0 Å². The largest absolute Gasteiger partial charge is 0.244 e. The van der Waals surface area contributed by atoms with Gasteiger partial charge in [-0.05, 0) is 36.1 Å². The topological polar surface area (TPSA) is 12.9 Å². The highest BCUT2D eigenvalue weighted by Gasteiger charge is 2.02. The highest BCUT2D eigenvalue weighted by atomic mass is 79.9. The number of aromatic nitrogens is 1. The van der Waals surface area contributed by atoms with Crippen molar-refractivity contribution in [3.05, 3.63) is 39.6 Å². The molecule has 0 aliphatic carbocycles. The molecule has 0 spiro atoms. The Bertz CT molecular complexity index is 468. The molecule has 0 bridgehead atoms. The molecule has 1 aromatic heterocycles. The number of hydrogen-bond donors (Lipinski definition) is 0. The third-order valence-electron chi connectivity index (χ3n) is 2.00. The summed E-state index contributed by atoms with van der Waals surface area (Å²) in [6.07, 6.45) is 1.73. The van der Waals surface area contributed by atoms with Crippen LogP contribution in [0.15, 0.2) is 28.9 Å². The number of pyridine rings is 1. The van der Waals surface area contributed by atoms with Crippen LogP contribution < -0.4 is 0 Å². The number of rotatable bonds is 0. The van der Waals surface area contributed by atoms with E-state index in [1.807, 2.05) is 12.1 Å². The quantitative estimate of drug-likeness (QED) is 0.650. The van der Waals surface area contributed by atoms with Crippen LogP contribution in [-0.2, 0) is 0 Å². The van der Waals surface area contributed by atoms with E-state index in [4.69, 9.17) is 11.6 Å². The van der Waals surface area contributed by atoms with Crippen LogP contribution in [-0.4, -0.2) is 4.98 Å². The van der Waals surface area contributed by atoms with Gasteiger partial charge in [-0.15, -0.1) is 0 Å². The fourth-order valence-corrected chi connectivity index (χ4v) is 2.18. The highest BCUT2D eigenvalue weighted by Crippen LogP contribution is 2.27. The second-order valence-corrected chi connectivity index (χ2v) is 4.19. The van der Waals surface area contributed by atoms with Gasteiger partial charge >= 0.3 is 0 Å². The average Bonchev–Trinajstić information content (AvgIpc) is 2.07. The third-order valence-corrected chi connectivity index (χ3v) is 2.76. The van der Waals surface area contributed by atoms with Crippen molar-refractivity contribution in [2.45, 2.75) is 6.92 Å². The van der Waals surface area contributed by atoms with E-state index in [1.54, 1.807) is 6.20 Å². The Balaban J connectivity index is 2.94. The van der Waals surface area contributed by atoms with E-state index in [9.17, 15) is 0 Å². The summed E-state index contributed by atoms with van der Waals surface area (Å²) in [4.78, 5) is 4.03. The minimum absolute atomic E-state index is 0.557. The Morgan fingerprint density at radius 1 is 1.31 bits per heavy atom. The number of nitrogens with zero attached hydrogens (tertiary/aromatic N) is 1. The summed E-state index contributed by atoms with van der Waals surface area (Å²) in [6, 6.07) is 6.03. The molecule has 0 saturated heterocycles. The predicted molar refractivity (Wildman–Crippen MR) is 59.2 cm³/mol. The number of hydrogen-bond acceptors (Lipinski definition) is 1. The summed E-state index contributed by atoms with van der Waals surface area (Å²) in [6.45, 7) is 2.06. The molecule has 0 saturated carbocycles. The van der Waals surface area contributed by atoms with Crippen molar-refractivity contribution in [1.29, 1.82) is 0 Å². The fourth-order valence-electron chi connectivity index (χ4n) is 1.39. The first-order valence-electron chi connectivity index (χ1n) is 3.89. The first kappa shape index (κ1) is 8.97. The summed E-state index contributed by atoms with van der Waals surface area (Å²) in [5, 5.41) is 2.71. The van der Waals surface area contributed by atoms with Gasteiger partial charge in [-0.3, -0.25) is 0 Å². The first-order chi connectivity index (χ1) is 6.18. The van der Waals surface area contributed by atoms with Gasteiger partial charge in [0.05, 0.1) is 0 Å². The summed E-state index contributed by atoms with van der Waals surface area (Å²) in [5.74, 6) is 0.